The summed E-state index contributed by atoms with van der Waals surface area (Å²) in [6.45, 7) is 12.6. The van der Waals surface area contributed by atoms with Crippen LogP contribution in [0.4, 0.5) is 14.6 Å². The number of aryl methyl sites for hydroxylation is 3. The lowest BCUT2D eigenvalue weighted by atomic mass is 9.88. The normalized spacial score (nSPS) is 13.4. The fraction of sp³-hybridized carbons (Fsp3) is 0.487. The molecule has 0 aromatic carbocycles. The van der Waals surface area contributed by atoms with E-state index in [0.29, 0.717) is 54.5 Å². The Bertz CT molecular complexity index is 1740. The number of rotatable bonds is 10. The first-order valence-electron chi connectivity index (χ1n) is 17.4. The standard InChI is InChI=1S/C20H24FN3O.C19H23FN4O.ClH/c1-20(2,3)12-14(25)7-8-17-15-5-4-6-16(15)23-19(24-17)18-11-13(21)9-10-22-18;1-19(2,3)10-13(25)11-22-17-14-5-4-6-15(14)23-18(24-17)16-9-12(20)7-8-21-16;/h9-11H,4-8,12H2,1-3H3;7-9H,4-6,10-11H2,1-3H3,(H,22,23,24);1H. The van der Waals surface area contributed by atoms with Gasteiger partial charge < -0.3 is 5.32 Å². The minimum Gasteiger partial charge on any atom is -0.363 e. The van der Waals surface area contributed by atoms with Crippen molar-refractivity contribution >= 4 is 29.8 Å². The van der Waals surface area contributed by atoms with Crippen LogP contribution in [0.2, 0.25) is 0 Å². The second-order valence-corrected chi connectivity index (χ2v) is 15.6. The molecule has 0 spiro atoms. The Hall–Kier alpha value is -4.25. The lowest BCUT2D eigenvalue weighted by Gasteiger charge is -2.17. The van der Waals surface area contributed by atoms with Gasteiger partial charge >= 0.3 is 0 Å². The van der Waals surface area contributed by atoms with E-state index in [2.05, 4.69) is 56.0 Å². The second-order valence-electron chi connectivity index (χ2n) is 15.6. The minimum absolute atomic E-state index is 0. The van der Waals surface area contributed by atoms with Crippen molar-refractivity contribution in [1.29, 1.82) is 0 Å². The maximum atomic E-state index is 13.5. The topological polar surface area (TPSA) is 124 Å². The van der Waals surface area contributed by atoms with Crippen LogP contribution in [0, 0.1) is 22.5 Å². The first-order chi connectivity index (χ1) is 23.6. The van der Waals surface area contributed by atoms with Gasteiger partial charge in [0, 0.05) is 66.4 Å². The van der Waals surface area contributed by atoms with Crippen LogP contribution < -0.4 is 5.32 Å². The van der Waals surface area contributed by atoms with E-state index in [1.165, 1.54) is 42.2 Å². The van der Waals surface area contributed by atoms with Crippen LogP contribution in [0.3, 0.4) is 0 Å². The number of carbonyl (C=O) groups excluding carboxylic acids is 2. The predicted octanol–water partition coefficient (Wildman–Crippen LogP) is 8.11. The number of anilines is 1. The first kappa shape index (κ1) is 39.5. The van der Waals surface area contributed by atoms with Crippen LogP contribution in [0.1, 0.15) is 102 Å². The molecule has 2 aliphatic carbocycles. The second kappa shape index (κ2) is 16.8. The first-order valence-corrected chi connectivity index (χ1v) is 17.4. The van der Waals surface area contributed by atoms with Gasteiger partial charge in [-0.15, -0.1) is 12.4 Å². The van der Waals surface area contributed by atoms with Crippen LogP contribution in [-0.2, 0) is 41.7 Å². The summed E-state index contributed by atoms with van der Waals surface area (Å²) in [5, 5.41) is 3.17. The molecule has 4 aromatic rings. The zero-order chi connectivity index (χ0) is 36.1. The lowest BCUT2D eigenvalue weighted by molar-refractivity contribution is -0.121. The van der Waals surface area contributed by atoms with Gasteiger partial charge in [-0.25, -0.2) is 28.7 Å². The molecule has 0 bridgehead atoms. The van der Waals surface area contributed by atoms with Crippen LogP contribution in [0.15, 0.2) is 36.7 Å². The van der Waals surface area contributed by atoms with E-state index < -0.39 is 0 Å². The predicted molar refractivity (Wildman–Crippen MR) is 197 cm³/mol. The summed E-state index contributed by atoms with van der Waals surface area (Å²) >= 11 is 0. The molecule has 0 saturated carbocycles. The molecule has 0 aliphatic heterocycles. The summed E-state index contributed by atoms with van der Waals surface area (Å²) < 4.78 is 27.0. The van der Waals surface area contributed by atoms with Crippen LogP contribution in [-0.4, -0.2) is 48.0 Å². The SMILES string of the molecule is CC(C)(C)CC(=O)CCc1nc(-c2cc(F)ccn2)nc2c1CCC2.CC(C)(C)CC(=O)CNc1nc(-c2cc(F)ccn2)nc2c1CCC2.Cl. The van der Waals surface area contributed by atoms with Crippen LogP contribution in [0.25, 0.3) is 23.0 Å². The number of hydrogen-bond donors (Lipinski definition) is 1. The molecule has 0 radical (unpaired) electrons. The van der Waals surface area contributed by atoms with Gasteiger partial charge in [0.25, 0.3) is 0 Å². The highest BCUT2D eigenvalue weighted by Gasteiger charge is 2.24. The number of fused-ring (bicyclic) bond motifs is 2. The Balaban J connectivity index is 0.000000224. The van der Waals surface area contributed by atoms with Crippen molar-refractivity contribution in [2.24, 2.45) is 10.8 Å². The van der Waals surface area contributed by atoms with E-state index in [9.17, 15) is 18.4 Å². The van der Waals surface area contributed by atoms with Gasteiger partial charge in [-0.1, -0.05) is 41.5 Å². The molecule has 1 N–H and O–H groups in total. The maximum absolute atomic E-state index is 13.5. The van der Waals surface area contributed by atoms with Gasteiger partial charge in [-0.3, -0.25) is 19.6 Å². The molecule has 0 saturated heterocycles. The average molecular weight is 720 g/mol. The van der Waals surface area contributed by atoms with Crippen molar-refractivity contribution in [3.8, 4) is 23.0 Å². The third kappa shape index (κ3) is 11.4. The Morgan fingerprint density at radius 2 is 1.22 bits per heavy atom. The molecule has 0 unspecified atom stereocenters. The fourth-order valence-electron chi connectivity index (χ4n) is 6.35. The van der Waals surface area contributed by atoms with Crippen molar-refractivity contribution in [2.45, 2.75) is 106 Å². The van der Waals surface area contributed by atoms with Crippen LogP contribution in [0.5, 0.6) is 0 Å². The molecule has 12 heteroatoms. The number of aromatic nitrogens is 6. The number of halogens is 3. The molecule has 0 fully saturated rings. The Morgan fingerprint density at radius 1 is 0.706 bits per heavy atom. The Kier molecular flexibility index (Phi) is 13.1. The van der Waals surface area contributed by atoms with Gasteiger partial charge in [0.1, 0.15) is 34.6 Å². The molecule has 51 heavy (non-hydrogen) atoms. The van der Waals surface area contributed by atoms with E-state index in [4.69, 9.17) is 0 Å². The van der Waals surface area contributed by atoms with Gasteiger partial charge in [-0.05, 0) is 73.5 Å². The molecule has 2 aliphatic rings. The molecule has 4 aromatic heterocycles. The molecule has 4 heterocycles. The van der Waals surface area contributed by atoms with E-state index in [1.807, 2.05) is 20.8 Å². The highest BCUT2D eigenvalue weighted by atomic mass is 35.5. The molecular weight excluding hydrogens is 672 g/mol. The number of hydrogen-bond acceptors (Lipinski definition) is 9. The molecule has 9 nitrogen and oxygen atoms in total. The number of Topliss-reactive ketones (excluding diaryl/α,β-unsaturated/α-hetero) is 2. The van der Waals surface area contributed by atoms with Crippen molar-refractivity contribution in [3.63, 3.8) is 0 Å². The Morgan fingerprint density at radius 3 is 1.76 bits per heavy atom. The third-order valence-electron chi connectivity index (χ3n) is 8.40. The summed E-state index contributed by atoms with van der Waals surface area (Å²) in [4.78, 5) is 51.0. The number of nitrogens with zero attached hydrogens (tertiary/aromatic N) is 6. The highest BCUT2D eigenvalue weighted by molar-refractivity contribution is 5.85. The zero-order valence-corrected chi connectivity index (χ0v) is 31.2. The third-order valence-corrected chi connectivity index (χ3v) is 8.40. The van der Waals surface area contributed by atoms with Crippen molar-refractivity contribution in [2.75, 3.05) is 11.9 Å². The molecule has 272 valence electrons. The highest BCUT2D eigenvalue weighted by Crippen LogP contribution is 2.30. The number of nitrogens with one attached hydrogen (secondary N) is 1. The zero-order valence-electron chi connectivity index (χ0n) is 30.4. The molecular formula is C39H48ClF2N7O2. The molecule has 0 amide bonds. The van der Waals surface area contributed by atoms with E-state index in [0.717, 1.165) is 61.2 Å². The maximum Gasteiger partial charge on any atom is 0.180 e. The largest absolute Gasteiger partial charge is 0.363 e. The molecule has 6 rings (SSSR count). The summed E-state index contributed by atoms with van der Waals surface area (Å²) in [7, 11) is 0. The minimum atomic E-state index is -0.371. The number of ketones is 2. The van der Waals surface area contributed by atoms with Crippen molar-refractivity contribution in [3.05, 3.63) is 76.5 Å². The quantitative estimate of drug-likeness (QED) is 0.173. The van der Waals surface area contributed by atoms with Gasteiger partial charge in [0.2, 0.25) is 0 Å². The van der Waals surface area contributed by atoms with E-state index in [1.54, 1.807) is 0 Å². The number of pyridine rings is 2. The van der Waals surface area contributed by atoms with Crippen molar-refractivity contribution < 1.29 is 18.4 Å². The Labute approximate surface area is 305 Å². The summed E-state index contributed by atoms with van der Waals surface area (Å²) in [6.07, 6.45) is 10.7. The van der Waals surface area contributed by atoms with Gasteiger partial charge in [0.05, 0.1) is 6.54 Å². The average Bonchev–Trinajstić information content (AvgIpc) is 3.71. The monoisotopic (exact) mass is 719 g/mol. The summed E-state index contributed by atoms with van der Waals surface area (Å²) in [5.74, 6) is 1.20. The van der Waals surface area contributed by atoms with Gasteiger partial charge in [-0.2, -0.15) is 0 Å². The number of carbonyl (C=O) groups is 2. The fourth-order valence-corrected chi connectivity index (χ4v) is 6.35. The lowest BCUT2D eigenvalue weighted by Crippen LogP contribution is -2.21. The van der Waals surface area contributed by atoms with Crippen LogP contribution >= 0.6 is 12.4 Å². The smallest absolute Gasteiger partial charge is 0.180 e. The van der Waals surface area contributed by atoms with Gasteiger partial charge in [0.15, 0.2) is 17.4 Å². The van der Waals surface area contributed by atoms with E-state index >= 15 is 0 Å². The summed E-state index contributed by atoms with van der Waals surface area (Å²) in [6, 6.07) is 5.28. The van der Waals surface area contributed by atoms with E-state index in [-0.39, 0.29) is 53.0 Å². The summed E-state index contributed by atoms with van der Waals surface area (Å²) in [5.41, 5.74) is 5.94. The molecule has 0 atom stereocenters. The van der Waals surface area contributed by atoms with Crippen molar-refractivity contribution in [1.82, 2.24) is 29.9 Å².